The Morgan fingerprint density at radius 3 is 2.58 bits per heavy atom. The molecule has 0 aromatic heterocycles. The molecule has 2 amide bonds. The highest BCUT2D eigenvalue weighted by molar-refractivity contribution is 7.91. The van der Waals surface area contributed by atoms with Crippen molar-refractivity contribution in [1.82, 2.24) is 10.6 Å². The smallest absolute Gasteiger partial charge is 0.235 e. The Labute approximate surface area is 141 Å². The molecule has 0 radical (unpaired) electrons. The van der Waals surface area contributed by atoms with Crippen LogP contribution in [-0.4, -0.2) is 37.8 Å². The molecule has 2 fully saturated rings. The number of rotatable bonds is 5. The third-order valence-electron chi connectivity index (χ3n) is 4.72. The van der Waals surface area contributed by atoms with Crippen LogP contribution in [0.25, 0.3) is 0 Å². The van der Waals surface area contributed by atoms with Crippen LogP contribution in [0.2, 0.25) is 0 Å². The Kier molecular flexibility index (Phi) is 4.38. The van der Waals surface area contributed by atoms with Crippen LogP contribution in [0.3, 0.4) is 0 Å². The first-order chi connectivity index (χ1) is 11.3. The molecule has 0 spiro atoms. The average molecular weight is 350 g/mol. The van der Waals surface area contributed by atoms with Gasteiger partial charge in [-0.25, -0.2) is 8.42 Å². The Balaban J connectivity index is 1.57. The van der Waals surface area contributed by atoms with Gasteiger partial charge in [0.15, 0.2) is 9.84 Å². The fraction of sp³-hybridized carbons (Fsp3) is 0.529. The topological polar surface area (TPSA) is 92.3 Å². The zero-order valence-electron chi connectivity index (χ0n) is 13.7. The molecule has 1 aliphatic heterocycles. The van der Waals surface area contributed by atoms with Crippen molar-refractivity contribution >= 4 is 21.7 Å². The molecule has 1 atom stereocenters. The van der Waals surface area contributed by atoms with Crippen molar-refractivity contribution in [3.8, 4) is 0 Å². The zero-order chi connectivity index (χ0) is 17.4. The van der Waals surface area contributed by atoms with E-state index in [0.717, 1.165) is 11.1 Å². The van der Waals surface area contributed by atoms with E-state index >= 15 is 0 Å². The molecule has 6 nitrogen and oxygen atoms in total. The number of benzene rings is 1. The minimum Gasteiger partial charge on any atom is -0.351 e. The van der Waals surface area contributed by atoms with Gasteiger partial charge in [0.2, 0.25) is 11.8 Å². The normalized spacial score (nSPS) is 23.5. The van der Waals surface area contributed by atoms with E-state index in [9.17, 15) is 18.0 Å². The summed E-state index contributed by atoms with van der Waals surface area (Å²) in [5.74, 6) is -0.543. The highest BCUT2D eigenvalue weighted by Crippen LogP contribution is 2.46. The second kappa shape index (κ2) is 6.20. The Hall–Kier alpha value is -1.89. The zero-order valence-corrected chi connectivity index (χ0v) is 14.5. The summed E-state index contributed by atoms with van der Waals surface area (Å²) in [5.41, 5.74) is 1.08. The van der Waals surface area contributed by atoms with Crippen molar-refractivity contribution in [2.75, 3.05) is 11.5 Å². The lowest BCUT2D eigenvalue weighted by molar-refractivity contribution is -0.137. The largest absolute Gasteiger partial charge is 0.351 e. The van der Waals surface area contributed by atoms with Crippen LogP contribution in [0.1, 0.15) is 30.4 Å². The van der Waals surface area contributed by atoms with Gasteiger partial charge in [-0.2, -0.15) is 0 Å². The van der Waals surface area contributed by atoms with Crippen molar-refractivity contribution in [3.63, 3.8) is 0 Å². The monoisotopic (exact) mass is 350 g/mol. The van der Waals surface area contributed by atoms with E-state index < -0.39 is 15.3 Å². The molecule has 2 aliphatic rings. The fourth-order valence-corrected chi connectivity index (χ4v) is 4.76. The molecular formula is C17H22N2O4S. The lowest BCUT2D eigenvalue weighted by atomic mass is 10.0. The maximum Gasteiger partial charge on any atom is 0.235 e. The molecule has 0 bridgehead atoms. The maximum atomic E-state index is 12.4. The van der Waals surface area contributed by atoms with E-state index in [2.05, 4.69) is 10.6 Å². The quantitative estimate of drug-likeness (QED) is 0.765. The molecule has 1 unspecified atom stereocenters. The standard InChI is InChI=1S/C17H22N2O4S/c1-12-3-2-4-13(9-12)10-18-15(20)17(6-7-17)16(21)19-14-5-8-24(22,23)11-14/h2-4,9,14H,5-8,10-11H2,1H3,(H,18,20)(H,19,21). The van der Waals surface area contributed by atoms with E-state index in [1.54, 1.807) is 0 Å². The van der Waals surface area contributed by atoms with Gasteiger partial charge in [-0.05, 0) is 31.7 Å². The molecule has 130 valence electrons. The highest BCUT2D eigenvalue weighted by Gasteiger charge is 2.56. The lowest BCUT2D eigenvalue weighted by Gasteiger charge is -2.18. The van der Waals surface area contributed by atoms with E-state index in [1.165, 1.54) is 0 Å². The molecule has 3 rings (SSSR count). The number of hydrogen-bond acceptors (Lipinski definition) is 4. The minimum absolute atomic E-state index is 0.0280. The highest BCUT2D eigenvalue weighted by atomic mass is 32.2. The molecule has 1 aromatic rings. The van der Waals surface area contributed by atoms with Crippen LogP contribution in [0.4, 0.5) is 0 Å². The van der Waals surface area contributed by atoms with Crippen LogP contribution < -0.4 is 10.6 Å². The fourth-order valence-electron chi connectivity index (χ4n) is 3.09. The van der Waals surface area contributed by atoms with Crippen LogP contribution >= 0.6 is 0 Å². The molecule has 1 aliphatic carbocycles. The second-order valence-corrected chi connectivity index (χ2v) is 9.06. The van der Waals surface area contributed by atoms with Crippen LogP contribution in [0.15, 0.2) is 24.3 Å². The van der Waals surface area contributed by atoms with Gasteiger partial charge < -0.3 is 10.6 Å². The Bertz CT molecular complexity index is 769. The number of amides is 2. The van der Waals surface area contributed by atoms with Crippen molar-refractivity contribution in [2.45, 2.75) is 38.8 Å². The summed E-state index contributed by atoms with van der Waals surface area (Å²) in [6.07, 6.45) is 1.45. The van der Waals surface area contributed by atoms with Crippen LogP contribution in [-0.2, 0) is 26.0 Å². The van der Waals surface area contributed by atoms with Crippen molar-refractivity contribution in [1.29, 1.82) is 0 Å². The van der Waals surface area contributed by atoms with Gasteiger partial charge in [0.05, 0.1) is 11.5 Å². The van der Waals surface area contributed by atoms with Gasteiger partial charge in [-0.3, -0.25) is 9.59 Å². The second-order valence-electron chi connectivity index (χ2n) is 6.83. The average Bonchev–Trinajstić information content (AvgIpc) is 3.26. The van der Waals surface area contributed by atoms with Crippen molar-refractivity contribution in [3.05, 3.63) is 35.4 Å². The summed E-state index contributed by atoms with van der Waals surface area (Å²) in [7, 11) is -3.05. The predicted octanol–water partition coefficient (Wildman–Crippen LogP) is 0.695. The Morgan fingerprint density at radius 2 is 2.00 bits per heavy atom. The number of carbonyl (C=O) groups is 2. The number of nitrogens with one attached hydrogen (secondary N) is 2. The molecule has 1 saturated carbocycles. The first-order valence-corrected chi connectivity index (χ1v) is 9.98. The summed E-state index contributed by atoms with van der Waals surface area (Å²) in [4.78, 5) is 24.9. The number of hydrogen-bond donors (Lipinski definition) is 2. The molecule has 1 saturated heterocycles. The molecule has 1 heterocycles. The molecular weight excluding hydrogens is 328 g/mol. The van der Waals surface area contributed by atoms with Crippen LogP contribution in [0, 0.1) is 12.3 Å². The van der Waals surface area contributed by atoms with Crippen LogP contribution in [0.5, 0.6) is 0 Å². The molecule has 7 heteroatoms. The number of sulfone groups is 1. The van der Waals surface area contributed by atoms with Gasteiger partial charge in [0.25, 0.3) is 0 Å². The Morgan fingerprint density at radius 1 is 1.25 bits per heavy atom. The van der Waals surface area contributed by atoms with Gasteiger partial charge in [-0.15, -0.1) is 0 Å². The summed E-state index contributed by atoms with van der Waals surface area (Å²) in [5, 5.41) is 5.58. The van der Waals surface area contributed by atoms with Crippen molar-refractivity contribution in [2.24, 2.45) is 5.41 Å². The van der Waals surface area contributed by atoms with Crippen molar-refractivity contribution < 1.29 is 18.0 Å². The van der Waals surface area contributed by atoms with E-state index in [1.807, 2.05) is 31.2 Å². The third-order valence-corrected chi connectivity index (χ3v) is 6.49. The lowest BCUT2D eigenvalue weighted by Crippen LogP contribution is -2.46. The molecule has 2 N–H and O–H groups in total. The summed E-state index contributed by atoms with van der Waals surface area (Å²) >= 11 is 0. The number of carbonyl (C=O) groups excluding carboxylic acids is 2. The van der Waals surface area contributed by atoms with E-state index in [0.29, 0.717) is 25.8 Å². The molecule has 1 aromatic carbocycles. The maximum absolute atomic E-state index is 12.4. The predicted molar refractivity (Wildman–Crippen MR) is 89.9 cm³/mol. The van der Waals surface area contributed by atoms with E-state index in [4.69, 9.17) is 0 Å². The molecule has 24 heavy (non-hydrogen) atoms. The van der Waals surface area contributed by atoms with E-state index in [-0.39, 0.29) is 29.4 Å². The first-order valence-electron chi connectivity index (χ1n) is 8.16. The van der Waals surface area contributed by atoms with Gasteiger partial charge in [0, 0.05) is 12.6 Å². The minimum atomic E-state index is -3.05. The number of aryl methyl sites for hydroxylation is 1. The van der Waals surface area contributed by atoms with Gasteiger partial charge in [0.1, 0.15) is 5.41 Å². The SMILES string of the molecule is Cc1cccc(CNC(=O)C2(C(=O)NC3CCS(=O)(=O)C3)CC2)c1. The summed E-state index contributed by atoms with van der Waals surface area (Å²) in [6, 6.07) is 7.46. The third kappa shape index (κ3) is 3.61. The van der Waals surface area contributed by atoms with Gasteiger partial charge >= 0.3 is 0 Å². The summed E-state index contributed by atoms with van der Waals surface area (Å²) < 4.78 is 23.0. The first kappa shape index (κ1) is 17.0. The van der Waals surface area contributed by atoms with Gasteiger partial charge in [-0.1, -0.05) is 29.8 Å². The summed E-state index contributed by atoms with van der Waals surface area (Å²) in [6.45, 7) is 2.37.